The first-order chi connectivity index (χ1) is 9.60. The van der Waals surface area contributed by atoms with Gasteiger partial charge >= 0.3 is 0 Å². The number of benzene rings is 1. The summed E-state index contributed by atoms with van der Waals surface area (Å²) in [7, 11) is 1.59. The molecule has 6 nitrogen and oxygen atoms in total. The van der Waals surface area contributed by atoms with Gasteiger partial charge in [-0.1, -0.05) is 6.92 Å². The third-order valence-electron chi connectivity index (χ3n) is 2.53. The molecule has 8 heteroatoms. The van der Waals surface area contributed by atoms with E-state index in [1.807, 2.05) is 6.92 Å². The van der Waals surface area contributed by atoms with Gasteiger partial charge in [0.25, 0.3) is 0 Å². The molecule has 0 saturated carbocycles. The van der Waals surface area contributed by atoms with Gasteiger partial charge in [-0.25, -0.2) is 8.78 Å². The molecule has 2 aromatic rings. The zero-order chi connectivity index (χ0) is 14.5. The highest BCUT2D eigenvalue weighted by atomic mass is 19.1. The molecule has 2 rings (SSSR count). The maximum absolute atomic E-state index is 13.8. The summed E-state index contributed by atoms with van der Waals surface area (Å²) in [6, 6.07) is 2.48. The minimum Gasteiger partial charge on any atom is -0.479 e. The Labute approximate surface area is 114 Å². The van der Waals surface area contributed by atoms with Gasteiger partial charge in [0, 0.05) is 6.54 Å². The molecular weight excluding hydrogens is 268 g/mol. The van der Waals surface area contributed by atoms with Crippen LogP contribution in [0, 0.1) is 11.6 Å². The average molecular weight is 283 g/mol. The van der Waals surface area contributed by atoms with Crippen molar-refractivity contribution in [1.82, 2.24) is 25.5 Å². The van der Waals surface area contributed by atoms with Crippen LogP contribution in [-0.4, -0.2) is 26.8 Å². The van der Waals surface area contributed by atoms with E-state index in [0.717, 1.165) is 6.54 Å². The SMILES string of the molecule is CCNCc1cc(F)c(OCc2nnn(C)n2)c(F)c1. The zero-order valence-corrected chi connectivity index (χ0v) is 11.2. The Kier molecular flexibility index (Phi) is 4.57. The summed E-state index contributed by atoms with van der Waals surface area (Å²) < 4.78 is 32.7. The summed E-state index contributed by atoms with van der Waals surface area (Å²) in [5.41, 5.74) is 0.520. The Hall–Kier alpha value is -2.09. The van der Waals surface area contributed by atoms with E-state index in [1.54, 1.807) is 7.05 Å². The lowest BCUT2D eigenvalue weighted by Crippen LogP contribution is -2.12. The van der Waals surface area contributed by atoms with E-state index < -0.39 is 17.4 Å². The number of nitrogens with zero attached hydrogens (tertiary/aromatic N) is 4. The van der Waals surface area contributed by atoms with Gasteiger partial charge in [-0.05, 0) is 29.5 Å². The van der Waals surface area contributed by atoms with E-state index in [1.165, 1.54) is 16.9 Å². The van der Waals surface area contributed by atoms with Crippen molar-refractivity contribution < 1.29 is 13.5 Å². The first kappa shape index (κ1) is 14.3. The van der Waals surface area contributed by atoms with E-state index in [0.29, 0.717) is 12.1 Å². The summed E-state index contributed by atoms with van der Waals surface area (Å²) in [6.45, 7) is 2.89. The summed E-state index contributed by atoms with van der Waals surface area (Å²) >= 11 is 0. The molecule has 0 saturated heterocycles. The fourth-order valence-corrected chi connectivity index (χ4v) is 1.64. The monoisotopic (exact) mass is 283 g/mol. The smallest absolute Gasteiger partial charge is 0.212 e. The lowest BCUT2D eigenvalue weighted by Gasteiger charge is -2.09. The van der Waals surface area contributed by atoms with E-state index in [2.05, 4.69) is 20.7 Å². The van der Waals surface area contributed by atoms with Crippen molar-refractivity contribution in [2.24, 2.45) is 7.05 Å². The van der Waals surface area contributed by atoms with Crippen molar-refractivity contribution >= 4 is 0 Å². The van der Waals surface area contributed by atoms with Gasteiger partial charge < -0.3 is 10.1 Å². The zero-order valence-electron chi connectivity index (χ0n) is 11.2. The van der Waals surface area contributed by atoms with Crippen molar-refractivity contribution in [3.8, 4) is 5.75 Å². The minimum atomic E-state index is -0.748. The highest BCUT2D eigenvalue weighted by Gasteiger charge is 2.14. The molecule has 0 aliphatic heterocycles. The molecule has 20 heavy (non-hydrogen) atoms. The molecule has 1 N–H and O–H groups in total. The Bertz CT molecular complexity index is 564. The number of aromatic nitrogens is 4. The quantitative estimate of drug-likeness (QED) is 0.862. The van der Waals surface area contributed by atoms with Gasteiger partial charge in [-0.3, -0.25) is 0 Å². The van der Waals surface area contributed by atoms with E-state index in [-0.39, 0.29) is 12.4 Å². The van der Waals surface area contributed by atoms with Crippen LogP contribution in [0.1, 0.15) is 18.3 Å². The molecule has 0 aliphatic carbocycles. The molecule has 1 aromatic carbocycles. The molecule has 0 atom stereocenters. The number of ether oxygens (including phenoxy) is 1. The van der Waals surface area contributed by atoms with Gasteiger partial charge in [-0.15, -0.1) is 10.2 Å². The van der Waals surface area contributed by atoms with Crippen LogP contribution in [0.2, 0.25) is 0 Å². The molecule has 0 aliphatic rings. The van der Waals surface area contributed by atoms with Crippen molar-refractivity contribution in [2.75, 3.05) is 6.54 Å². The van der Waals surface area contributed by atoms with Crippen molar-refractivity contribution in [1.29, 1.82) is 0 Å². The van der Waals surface area contributed by atoms with Crippen molar-refractivity contribution in [3.63, 3.8) is 0 Å². The van der Waals surface area contributed by atoms with Crippen LogP contribution in [0.4, 0.5) is 8.78 Å². The maximum Gasteiger partial charge on any atom is 0.212 e. The maximum atomic E-state index is 13.8. The molecule has 0 spiro atoms. The number of tetrazole rings is 1. The first-order valence-electron chi connectivity index (χ1n) is 6.14. The third-order valence-corrected chi connectivity index (χ3v) is 2.53. The fraction of sp³-hybridized carbons (Fsp3) is 0.417. The molecule has 108 valence electrons. The van der Waals surface area contributed by atoms with Gasteiger partial charge in [-0.2, -0.15) is 4.80 Å². The lowest BCUT2D eigenvalue weighted by molar-refractivity contribution is 0.265. The lowest BCUT2D eigenvalue weighted by atomic mass is 10.2. The fourth-order valence-electron chi connectivity index (χ4n) is 1.64. The van der Waals surface area contributed by atoms with Gasteiger partial charge in [0.2, 0.25) is 5.82 Å². The number of hydrogen-bond donors (Lipinski definition) is 1. The molecule has 0 unspecified atom stereocenters. The van der Waals surface area contributed by atoms with Crippen LogP contribution < -0.4 is 10.1 Å². The van der Waals surface area contributed by atoms with Crippen LogP contribution in [0.5, 0.6) is 5.75 Å². The second kappa shape index (κ2) is 6.38. The summed E-state index contributed by atoms with van der Waals surface area (Å²) in [6.07, 6.45) is 0. The minimum absolute atomic E-state index is 0.145. The summed E-state index contributed by atoms with van der Waals surface area (Å²) in [4.78, 5) is 1.24. The second-order valence-corrected chi connectivity index (χ2v) is 4.15. The first-order valence-corrected chi connectivity index (χ1v) is 6.14. The van der Waals surface area contributed by atoms with Crippen LogP contribution in [0.25, 0.3) is 0 Å². The third kappa shape index (κ3) is 3.47. The highest BCUT2D eigenvalue weighted by molar-refractivity contribution is 5.31. The van der Waals surface area contributed by atoms with E-state index in [4.69, 9.17) is 4.74 Å². The Morgan fingerprint density at radius 2 is 2.00 bits per heavy atom. The molecule has 1 aromatic heterocycles. The molecule has 0 bridgehead atoms. The summed E-state index contributed by atoms with van der Waals surface area (Å²) in [5.74, 6) is -1.68. The number of halogens is 2. The standard InChI is InChI=1S/C12H15F2N5O/c1-3-15-6-8-4-9(13)12(10(14)5-8)20-7-11-16-18-19(2)17-11/h4-5,15H,3,6-7H2,1-2H3. The predicted molar refractivity (Wildman–Crippen MR) is 66.9 cm³/mol. The second-order valence-electron chi connectivity index (χ2n) is 4.15. The molecule has 1 heterocycles. The molecule has 0 radical (unpaired) electrons. The Morgan fingerprint density at radius 1 is 1.30 bits per heavy atom. The van der Waals surface area contributed by atoms with Crippen molar-refractivity contribution in [2.45, 2.75) is 20.1 Å². The number of hydrogen-bond acceptors (Lipinski definition) is 5. The predicted octanol–water partition coefficient (Wildman–Crippen LogP) is 1.18. The topological polar surface area (TPSA) is 64.9 Å². The number of aryl methyl sites for hydroxylation is 1. The molecule has 0 amide bonds. The molecular formula is C12H15F2N5O. The Balaban J connectivity index is 2.07. The van der Waals surface area contributed by atoms with Crippen LogP contribution in [0.3, 0.4) is 0 Å². The van der Waals surface area contributed by atoms with Gasteiger partial charge in [0.15, 0.2) is 24.0 Å². The Morgan fingerprint density at radius 3 is 2.55 bits per heavy atom. The van der Waals surface area contributed by atoms with Crippen molar-refractivity contribution in [3.05, 3.63) is 35.2 Å². The van der Waals surface area contributed by atoms with Crippen LogP contribution >= 0.6 is 0 Å². The van der Waals surface area contributed by atoms with Gasteiger partial charge in [0.1, 0.15) is 0 Å². The summed E-state index contributed by atoms with van der Waals surface area (Å²) in [5, 5.41) is 14.1. The largest absolute Gasteiger partial charge is 0.479 e. The highest BCUT2D eigenvalue weighted by Crippen LogP contribution is 2.24. The van der Waals surface area contributed by atoms with E-state index >= 15 is 0 Å². The van der Waals surface area contributed by atoms with E-state index in [9.17, 15) is 8.78 Å². The average Bonchev–Trinajstić information content (AvgIpc) is 2.81. The molecule has 0 fully saturated rings. The normalized spacial score (nSPS) is 10.8. The van der Waals surface area contributed by atoms with Crippen LogP contribution in [-0.2, 0) is 20.2 Å². The van der Waals surface area contributed by atoms with Crippen LogP contribution in [0.15, 0.2) is 12.1 Å². The number of rotatable bonds is 6. The number of nitrogens with one attached hydrogen (secondary N) is 1. The van der Waals surface area contributed by atoms with Gasteiger partial charge in [0.05, 0.1) is 7.05 Å².